The van der Waals surface area contributed by atoms with Crippen LogP contribution in [0.5, 0.6) is 0 Å². The van der Waals surface area contributed by atoms with E-state index in [1.165, 1.54) is 6.42 Å². The Bertz CT molecular complexity index is 238. The summed E-state index contributed by atoms with van der Waals surface area (Å²) >= 11 is 0. The molecule has 4 heteroatoms. The van der Waals surface area contributed by atoms with Gasteiger partial charge in [0.05, 0.1) is 13.2 Å². The molecule has 1 atom stereocenters. The molecule has 1 saturated heterocycles. The first-order chi connectivity index (χ1) is 8.46. The lowest BCUT2D eigenvalue weighted by Gasteiger charge is -2.44. The molecule has 1 aliphatic rings. The highest BCUT2D eigenvalue weighted by Crippen LogP contribution is 2.30. The van der Waals surface area contributed by atoms with Crippen LogP contribution in [0.25, 0.3) is 0 Å². The number of likely N-dealkylation sites (N-methyl/N-ethyl adjacent to an activating group) is 1. The average molecular weight is 258 g/mol. The zero-order valence-corrected chi connectivity index (χ0v) is 12.5. The third-order valence-electron chi connectivity index (χ3n) is 4.15. The molecule has 0 aromatic heterocycles. The highest BCUT2D eigenvalue weighted by atomic mass is 16.5. The van der Waals surface area contributed by atoms with Gasteiger partial charge in [-0.15, -0.1) is 0 Å². The van der Waals surface area contributed by atoms with Crippen molar-refractivity contribution in [3.05, 3.63) is 0 Å². The summed E-state index contributed by atoms with van der Waals surface area (Å²) in [6, 6.07) is 0. The number of aliphatic hydroxyl groups is 1. The van der Waals surface area contributed by atoms with Gasteiger partial charge in [0.2, 0.25) is 0 Å². The molecule has 0 bridgehead atoms. The first-order valence-electron chi connectivity index (χ1n) is 7.06. The average Bonchev–Trinajstić information content (AvgIpc) is 2.37. The fraction of sp³-hybridized carbons (Fsp3) is 1.00. The third-order valence-corrected chi connectivity index (χ3v) is 4.15. The molecule has 1 unspecified atom stereocenters. The van der Waals surface area contributed by atoms with Crippen molar-refractivity contribution in [1.29, 1.82) is 0 Å². The Kier molecular flexibility index (Phi) is 6.05. The summed E-state index contributed by atoms with van der Waals surface area (Å²) in [6.07, 6.45) is 2.34. The fourth-order valence-corrected chi connectivity index (χ4v) is 2.46. The molecule has 1 rings (SSSR count). The number of hydrogen-bond acceptors (Lipinski definition) is 4. The van der Waals surface area contributed by atoms with E-state index in [0.29, 0.717) is 0 Å². The molecule has 18 heavy (non-hydrogen) atoms. The van der Waals surface area contributed by atoms with Crippen LogP contribution in [0.2, 0.25) is 0 Å². The molecule has 1 aliphatic heterocycles. The quantitative estimate of drug-likeness (QED) is 0.718. The Labute approximate surface area is 112 Å². The first-order valence-corrected chi connectivity index (χ1v) is 7.06. The van der Waals surface area contributed by atoms with Gasteiger partial charge in [0.1, 0.15) is 0 Å². The van der Waals surface area contributed by atoms with E-state index >= 15 is 0 Å². The SMILES string of the molecule is CCNCC1(CN(C)C(C)(C)CO)CCCOC1. The highest BCUT2D eigenvalue weighted by Gasteiger charge is 2.36. The van der Waals surface area contributed by atoms with Crippen molar-refractivity contribution in [3.63, 3.8) is 0 Å². The van der Waals surface area contributed by atoms with E-state index in [1.54, 1.807) is 0 Å². The van der Waals surface area contributed by atoms with Crippen molar-refractivity contribution >= 4 is 0 Å². The van der Waals surface area contributed by atoms with Crippen molar-refractivity contribution in [1.82, 2.24) is 10.2 Å². The van der Waals surface area contributed by atoms with Crippen molar-refractivity contribution in [2.45, 2.75) is 39.2 Å². The van der Waals surface area contributed by atoms with Crippen molar-refractivity contribution in [2.75, 3.05) is 46.5 Å². The van der Waals surface area contributed by atoms with Crippen LogP contribution in [-0.2, 0) is 4.74 Å². The highest BCUT2D eigenvalue weighted by molar-refractivity contribution is 4.90. The largest absolute Gasteiger partial charge is 0.394 e. The van der Waals surface area contributed by atoms with Crippen LogP contribution in [0.4, 0.5) is 0 Å². The van der Waals surface area contributed by atoms with Gasteiger partial charge in [0.15, 0.2) is 0 Å². The van der Waals surface area contributed by atoms with E-state index in [2.05, 4.69) is 38.0 Å². The third kappa shape index (κ3) is 4.19. The van der Waals surface area contributed by atoms with Gasteiger partial charge in [-0.1, -0.05) is 6.92 Å². The molecular formula is C14H30N2O2. The second kappa shape index (κ2) is 6.85. The Morgan fingerprint density at radius 2 is 2.17 bits per heavy atom. The van der Waals surface area contributed by atoms with E-state index in [9.17, 15) is 5.11 Å². The summed E-state index contributed by atoms with van der Waals surface area (Å²) in [5.74, 6) is 0. The predicted octanol–water partition coefficient (Wildman–Crippen LogP) is 1.10. The van der Waals surface area contributed by atoms with E-state index < -0.39 is 0 Å². The van der Waals surface area contributed by atoms with Gasteiger partial charge in [-0.05, 0) is 40.3 Å². The van der Waals surface area contributed by atoms with Gasteiger partial charge in [-0.25, -0.2) is 0 Å². The molecule has 0 radical (unpaired) electrons. The minimum atomic E-state index is -0.170. The molecule has 0 aliphatic carbocycles. The van der Waals surface area contributed by atoms with Gasteiger partial charge < -0.3 is 15.2 Å². The lowest BCUT2D eigenvalue weighted by atomic mass is 9.81. The zero-order valence-electron chi connectivity index (χ0n) is 12.5. The standard InChI is InChI=1S/C14H30N2O2/c1-5-15-9-14(7-6-8-18-12-14)10-16(4)13(2,3)11-17/h15,17H,5-12H2,1-4H3. The number of rotatable bonds is 7. The lowest BCUT2D eigenvalue weighted by Crippen LogP contribution is -2.54. The van der Waals surface area contributed by atoms with Crippen molar-refractivity contribution < 1.29 is 9.84 Å². The van der Waals surface area contributed by atoms with Crippen LogP contribution in [0.1, 0.15) is 33.6 Å². The minimum Gasteiger partial charge on any atom is -0.394 e. The smallest absolute Gasteiger partial charge is 0.0609 e. The Morgan fingerprint density at radius 3 is 2.67 bits per heavy atom. The molecule has 2 N–H and O–H groups in total. The molecule has 0 amide bonds. The normalized spacial score (nSPS) is 25.7. The van der Waals surface area contributed by atoms with E-state index in [1.807, 2.05) is 0 Å². The molecule has 1 heterocycles. The summed E-state index contributed by atoms with van der Waals surface area (Å²) < 4.78 is 5.70. The summed E-state index contributed by atoms with van der Waals surface area (Å²) in [6.45, 7) is 11.2. The van der Waals surface area contributed by atoms with Crippen LogP contribution in [0.3, 0.4) is 0 Å². The Morgan fingerprint density at radius 1 is 1.44 bits per heavy atom. The second-order valence-electron chi connectivity index (χ2n) is 6.26. The summed E-state index contributed by atoms with van der Waals surface area (Å²) in [7, 11) is 2.10. The summed E-state index contributed by atoms with van der Waals surface area (Å²) in [4.78, 5) is 2.26. The molecule has 0 spiro atoms. The van der Waals surface area contributed by atoms with Crippen LogP contribution in [0, 0.1) is 5.41 Å². The minimum absolute atomic E-state index is 0.170. The Balaban J connectivity index is 2.65. The zero-order chi connectivity index (χ0) is 13.6. The van der Waals surface area contributed by atoms with Gasteiger partial charge >= 0.3 is 0 Å². The number of ether oxygens (including phenoxy) is 1. The Hall–Kier alpha value is -0.160. The predicted molar refractivity (Wildman–Crippen MR) is 74.8 cm³/mol. The van der Waals surface area contributed by atoms with Crippen LogP contribution in [-0.4, -0.2) is 62.0 Å². The number of hydrogen-bond donors (Lipinski definition) is 2. The van der Waals surface area contributed by atoms with Gasteiger partial charge in [-0.2, -0.15) is 0 Å². The van der Waals surface area contributed by atoms with E-state index in [4.69, 9.17) is 4.74 Å². The van der Waals surface area contributed by atoms with Gasteiger partial charge in [0, 0.05) is 30.7 Å². The number of nitrogens with one attached hydrogen (secondary N) is 1. The molecule has 1 fully saturated rings. The maximum absolute atomic E-state index is 9.47. The fourth-order valence-electron chi connectivity index (χ4n) is 2.46. The van der Waals surface area contributed by atoms with Crippen LogP contribution < -0.4 is 5.32 Å². The summed E-state index contributed by atoms with van der Waals surface area (Å²) in [5.41, 5.74) is 0.0200. The maximum Gasteiger partial charge on any atom is 0.0609 e. The van der Waals surface area contributed by atoms with Gasteiger partial charge in [0.25, 0.3) is 0 Å². The summed E-state index contributed by atoms with van der Waals surface area (Å²) in [5, 5.41) is 12.9. The van der Waals surface area contributed by atoms with Crippen molar-refractivity contribution in [2.24, 2.45) is 5.41 Å². The monoisotopic (exact) mass is 258 g/mol. The topological polar surface area (TPSA) is 44.7 Å². The lowest BCUT2D eigenvalue weighted by molar-refractivity contribution is -0.0435. The molecule has 0 saturated carbocycles. The maximum atomic E-state index is 9.47. The van der Waals surface area contributed by atoms with E-state index in [-0.39, 0.29) is 17.6 Å². The molecule has 108 valence electrons. The van der Waals surface area contributed by atoms with E-state index in [0.717, 1.165) is 39.3 Å². The molecule has 0 aromatic carbocycles. The first kappa shape index (κ1) is 15.9. The van der Waals surface area contributed by atoms with Crippen molar-refractivity contribution in [3.8, 4) is 0 Å². The van der Waals surface area contributed by atoms with Crippen LogP contribution in [0.15, 0.2) is 0 Å². The number of aliphatic hydroxyl groups excluding tert-OH is 1. The molecule has 4 nitrogen and oxygen atoms in total. The number of nitrogens with zero attached hydrogens (tertiary/aromatic N) is 1. The van der Waals surface area contributed by atoms with Gasteiger partial charge in [-0.3, -0.25) is 4.90 Å². The second-order valence-corrected chi connectivity index (χ2v) is 6.26. The molecule has 0 aromatic rings. The molecular weight excluding hydrogens is 228 g/mol. The van der Waals surface area contributed by atoms with Crippen LogP contribution >= 0.6 is 0 Å².